The van der Waals surface area contributed by atoms with E-state index < -0.39 is 20.2 Å². The smallest absolute Gasteiger partial charge is 0.744 e. The average molecular weight is 1170 g/mol. The minimum atomic E-state index is -4.45. The maximum atomic E-state index is 11.7. The molecule has 0 bridgehead atoms. The molecule has 0 heterocycles. The Morgan fingerprint density at radius 1 is 0.274 bits per heavy atom. The Balaban J connectivity index is 0.000000493. The number of hydrogen-bond donors (Lipinski definition) is 0. The van der Waals surface area contributed by atoms with Crippen molar-refractivity contribution in [2.24, 2.45) is 0 Å². The molecule has 4 rings (SSSR count). The summed E-state index contributed by atoms with van der Waals surface area (Å²) in [6.07, 6.45) is 50.5. The second-order valence-corrected chi connectivity index (χ2v) is 24.2. The molecule has 4 aromatic carbocycles. The summed E-state index contributed by atoms with van der Waals surface area (Å²) in [4.78, 5) is -0.216. The fraction of sp³-hybridized carbons (Fsp3) is 0.688. The van der Waals surface area contributed by atoms with Crippen LogP contribution < -0.4 is 0 Å². The van der Waals surface area contributed by atoms with Crippen LogP contribution in [0.2, 0.25) is 0 Å². The zero-order valence-corrected chi connectivity index (χ0v) is 53.1. The number of hydrogen-bond acceptors (Lipinski definition) is 6. The molecule has 0 aliphatic heterocycles. The molecule has 0 saturated heterocycles. The van der Waals surface area contributed by atoms with Crippen LogP contribution in [0.1, 0.15) is 281 Å². The molecule has 73 heavy (non-hydrogen) atoms. The molecule has 4 aromatic rings. The second kappa shape index (κ2) is 41.8. The summed E-state index contributed by atoms with van der Waals surface area (Å²) in [5.41, 5.74) is 4.90. The van der Waals surface area contributed by atoms with Crippen LogP contribution in [0.25, 0.3) is 21.5 Å². The van der Waals surface area contributed by atoms with Gasteiger partial charge in [-0.2, -0.15) is 0 Å². The fourth-order valence-electron chi connectivity index (χ4n) is 10.6. The Kier molecular flexibility index (Phi) is 38.9. The van der Waals surface area contributed by atoms with Gasteiger partial charge in [-0.1, -0.05) is 270 Å². The number of benzene rings is 4. The largest absolute Gasteiger partial charge is 2.00 e. The van der Waals surface area contributed by atoms with Crippen LogP contribution in [0.3, 0.4) is 0 Å². The number of fused-ring (bicyclic) bond motifs is 2. The van der Waals surface area contributed by atoms with Crippen LogP contribution in [0.4, 0.5) is 0 Å². The number of unbranched alkanes of at least 4 members (excludes halogenated alkanes) is 32. The van der Waals surface area contributed by atoms with Crippen molar-refractivity contribution in [3.8, 4) is 0 Å². The zero-order valence-electron chi connectivity index (χ0n) is 47.0. The first-order valence-corrected chi connectivity index (χ1v) is 32.8. The van der Waals surface area contributed by atoms with E-state index in [1.54, 1.807) is 12.1 Å². The van der Waals surface area contributed by atoms with Gasteiger partial charge in [0.1, 0.15) is 20.2 Å². The van der Waals surface area contributed by atoms with Gasteiger partial charge in [0.15, 0.2) is 0 Å². The monoisotopic (exact) mass is 1170 g/mol. The summed E-state index contributed by atoms with van der Waals surface area (Å²) in [6, 6.07) is 18.8. The van der Waals surface area contributed by atoms with E-state index in [-0.39, 0.29) is 58.7 Å². The molecule has 0 aromatic heterocycles. The van der Waals surface area contributed by atoms with Gasteiger partial charge in [0.2, 0.25) is 0 Å². The predicted molar refractivity (Wildman–Crippen MR) is 313 cm³/mol. The van der Waals surface area contributed by atoms with Crippen molar-refractivity contribution in [2.45, 2.75) is 294 Å². The van der Waals surface area contributed by atoms with Gasteiger partial charge in [-0.15, -0.1) is 0 Å². The molecule has 0 N–H and O–H groups in total. The van der Waals surface area contributed by atoms with Crippen molar-refractivity contribution >= 4 is 90.7 Å². The molecule has 0 amide bonds. The predicted octanol–water partition coefficient (Wildman–Crippen LogP) is 19.4. The number of aryl methyl sites for hydroxylation is 4. The molecule has 0 aliphatic carbocycles. The van der Waals surface area contributed by atoms with E-state index in [4.69, 9.17) is 0 Å². The molecular formula is C64H102BaO6S2. The summed E-state index contributed by atoms with van der Waals surface area (Å²) in [5, 5.41) is 4.16. The van der Waals surface area contributed by atoms with Gasteiger partial charge in [-0.3, -0.25) is 0 Å². The first kappa shape index (κ1) is 67.9. The average Bonchev–Trinajstić information content (AvgIpc) is 3.36. The van der Waals surface area contributed by atoms with E-state index in [0.29, 0.717) is 0 Å². The third kappa shape index (κ3) is 29.4. The Hall–Kier alpha value is -1.21. The maximum absolute atomic E-state index is 11.7. The molecule has 408 valence electrons. The fourth-order valence-corrected chi connectivity index (χ4v) is 11.6. The zero-order chi connectivity index (χ0) is 52.1. The molecule has 0 aliphatic rings. The van der Waals surface area contributed by atoms with Crippen LogP contribution in [-0.4, -0.2) is 74.8 Å². The van der Waals surface area contributed by atoms with Gasteiger partial charge in [0, 0.05) is 0 Å². The molecule has 0 spiro atoms. The third-order valence-electron chi connectivity index (χ3n) is 15.1. The summed E-state index contributed by atoms with van der Waals surface area (Å²) < 4.78 is 70.2. The summed E-state index contributed by atoms with van der Waals surface area (Å²) in [5.74, 6) is 0. The summed E-state index contributed by atoms with van der Waals surface area (Å²) >= 11 is 0. The molecule has 9 heteroatoms. The van der Waals surface area contributed by atoms with Crippen molar-refractivity contribution in [2.75, 3.05) is 0 Å². The Morgan fingerprint density at radius 3 is 0.671 bits per heavy atom. The quantitative estimate of drug-likeness (QED) is 0.0248. The Bertz CT molecular complexity index is 2100. The molecular weight excluding hydrogens is 1070 g/mol. The molecule has 6 nitrogen and oxygen atoms in total. The van der Waals surface area contributed by atoms with Gasteiger partial charge >= 0.3 is 48.9 Å². The Morgan fingerprint density at radius 2 is 0.466 bits per heavy atom. The van der Waals surface area contributed by atoms with Crippen LogP contribution in [-0.2, 0) is 45.9 Å². The van der Waals surface area contributed by atoms with Gasteiger partial charge in [0.05, 0.1) is 9.79 Å². The van der Waals surface area contributed by atoms with E-state index in [1.165, 1.54) is 240 Å². The minimum absolute atomic E-state index is 0. The molecule has 0 unspecified atom stereocenters. The van der Waals surface area contributed by atoms with Crippen molar-refractivity contribution in [1.82, 2.24) is 0 Å². The van der Waals surface area contributed by atoms with E-state index >= 15 is 0 Å². The van der Waals surface area contributed by atoms with E-state index in [2.05, 4.69) is 52.0 Å². The molecule has 0 radical (unpaired) electrons. The first-order chi connectivity index (χ1) is 34.9. The van der Waals surface area contributed by atoms with E-state index in [0.717, 1.165) is 72.9 Å². The van der Waals surface area contributed by atoms with E-state index in [1.807, 2.05) is 12.1 Å². The molecule has 0 atom stereocenters. The van der Waals surface area contributed by atoms with Crippen molar-refractivity contribution < 1.29 is 25.9 Å². The standard InChI is InChI=1S/2C32H52O3S.Ba/c2*1-3-5-7-9-11-13-15-17-19-21-28-23-24-29(22-20-18-16-14-12-10-8-6-4-2)32-27-30(36(33,34)35)25-26-31(28)32;/h2*23-27H,3-22H2,1-2H3,(H,33,34,35);/q;;+2/p-2. The van der Waals surface area contributed by atoms with Crippen LogP contribution in [0.15, 0.2) is 70.5 Å². The number of rotatable bonds is 42. The third-order valence-corrected chi connectivity index (χ3v) is 16.8. The van der Waals surface area contributed by atoms with Crippen LogP contribution >= 0.6 is 0 Å². The first-order valence-electron chi connectivity index (χ1n) is 29.9. The molecule has 0 fully saturated rings. The minimum Gasteiger partial charge on any atom is -0.744 e. The van der Waals surface area contributed by atoms with Crippen molar-refractivity contribution in [1.29, 1.82) is 0 Å². The van der Waals surface area contributed by atoms with Gasteiger partial charge in [-0.05, 0) is 119 Å². The second-order valence-electron chi connectivity index (χ2n) is 21.4. The van der Waals surface area contributed by atoms with Gasteiger partial charge in [0.25, 0.3) is 0 Å². The summed E-state index contributed by atoms with van der Waals surface area (Å²) in [6.45, 7) is 9.02. The van der Waals surface area contributed by atoms with E-state index in [9.17, 15) is 25.9 Å². The van der Waals surface area contributed by atoms with Crippen molar-refractivity contribution in [3.05, 3.63) is 82.9 Å². The normalized spacial score (nSPS) is 11.8. The van der Waals surface area contributed by atoms with Gasteiger partial charge in [-0.25, -0.2) is 16.8 Å². The summed E-state index contributed by atoms with van der Waals surface area (Å²) in [7, 11) is -8.90. The van der Waals surface area contributed by atoms with Crippen molar-refractivity contribution in [3.63, 3.8) is 0 Å². The van der Waals surface area contributed by atoms with Crippen LogP contribution in [0, 0.1) is 0 Å². The molecule has 0 saturated carbocycles. The maximum Gasteiger partial charge on any atom is 2.00 e. The van der Waals surface area contributed by atoms with Gasteiger partial charge < -0.3 is 9.11 Å². The SMILES string of the molecule is CCCCCCCCCCCc1ccc(CCCCCCCCCCC)c2cc(S(=O)(=O)[O-])ccc12.CCCCCCCCCCCc1ccc(CCCCCCCCCCC)c2cc(S(=O)(=O)[O-])ccc12.[Ba+2]. The topological polar surface area (TPSA) is 114 Å². The van der Waals surface area contributed by atoms with Crippen LogP contribution in [0.5, 0.6) is 0 Å². The Labute approximate surface area is 489 Å².